The van der Waals surface area contributed by atoms with Crippen molar-refractivity contribution in [1.82, 2.24) is 15.5 Å². The van der Waals surface area contributed by atoms with Crippen molar-refractivity contribution in [2.45, 2.75) is 44.1 Å². The second kappa shape index (κ2) is 7.83. The zero-order valence-corrected chi connectivity index (χ0v) is 17.1. The average Bonchev–Trinajstić information content (AvgIpc) is 3.33. The van der Waals surface area contributed by atoms with E-state index in [1.807, 2.05) is 48.7 Å². The van der Waals surface area contributed by atoms with Crippen LogP contribution in [0, 0.1) is 5.92 Å². The highest BCUT2D eigenvalue weighted by Gasteiger charge is 2.44. The SMILES string of the molecule is CC(C)C(=O)N1CCC2(CC1)NC(C(=O)NCc1ccc3c(c1)OCO3)CS2. The van der Waals surface area contributed by atoms with E-state index in [1.165, 1.54) is 0 Å². The molecule has 0 aliphatic carbocycles. The van der Waals surface area contributed by atoms with E-state index in [2.05, 4.69) is 10.6 Å². The van der Waals surface area contributed by atoms with Gasteiger partial charge >= 0.3 is 0 Å². The van der Waals surface area contributed by atoms with Crippen LogP contribution >= 0.6 is 11.8 Å². The molecule has 7 nitrogen and oxygen atoms in total. The zero-order chi connectivity index (χ0) is 19.7. The molecule has 28 heavy (non-hydrogen) atoms. The number of fused-ring (bicyclic) bond motifs is 1. The number of ether oxygens (including phenoxy) is 2. The molecule has 1 aromatic carbocycles. The van der Waals surface area contributed by atoms with E-state index in [0.717, 1.165) is 48.7 Å². The highest BCUT2D eigenvalue weighted by Crippen LogP contribution is 2.39. The molecule has 1 aromatic rings. The van der Waals surface area contributed by atoms with Crippen molar-refractivity contribution in [3.63, 3.8) is 0 Å². The number of benzene rings is 1. The Morgan fingerprint density at radius 2 is 2.04 bits per heavy atom. The monoisotopic (exact) mass is 405 g/mol. The Labute approximate surface area is 169 Å². The third-order valence-corrected chi connectivity index (χ3v) is 7.14. The van der Waals surface area contributed by atoms with Crippen molar-refractivity contribution < 1.29 is 19.1 Å². The first-order valence-corrected chi connectivity index (χ1v) is 10.8. The molecule has 3 aliphatic rings. The minimum Gasteiger partial charge on any atom is -0.454 e. The Morgan fingerprint density at radius 1 is 1.29 bits per heavy atom. The van der Waals surface area contributed by atoms with Crippen molar-refractivity contribution in [2.75, 3.05) is 25.6 Å². The Kier molecular flexibility index (Phi) is 5.42. The fourth-order valence-electron chi connectivity index (χ4n) is 3.89. The van der Waals surface area contributed by atoms with E-state index in [4.69, 9.17) is 9.47 Å². The minimum atomic E-state index is -0.202. The van der Waals surface area contributed by atoms with Crippen LogP contribution < -0.4 is 20.1 Å². The zero-order valence-electron chi connectivity index (χ0n) is 16.3. The standard InChI is InChI=1S/C20H27N3O4S/c1-13(2)19(25)23-7-5-20(6-8-23)22-15(11-28-20)18(24)21-10-14-3-4-16-17(9-14)27-12-26-16/h3-4,9,13,15,22H,5-8,10-12H2,1-2H3,(H,21,24). The number of carbonyl (C=O) groups excluding carboxylic acids is 2. The summed E-state index contributed by atoms with van der Waals surface area (Å²) in [6.45, 7) is 6.09. The molecule has 8 heteroatoms. The summed E-state index contributed by atoms with van der Waals surface area (Å²) < 4.78 is 10.7. The quantitative estimate of drug-likeness (QED) is 0.794. The van der Waals surface area contributed by atoms with Gasteiger partial charge < -0.3 is 19.7 Å². The van der Waals surface area contributed by atoms with Crippen molar-refractivity contribution in [1.29, 1.82) is 0 Å². The average molecular weight is 406 g/mol. The number of nitrogens with zero attached hydrogens (tertiary/aromatic N) is 1. The van der Waals surface area contributed by atoms with Gasteiger partial charge in [-0.25, -0.2) is 0 Å². The number of thioether (sulfide) groups is 1. The topological polar surface area (TPSA) is 79.9 Å². The summed E-state index contributed by atoms with van der Waals surface area (Å²) in [6, 6.07) is 5.51. The molecular formula is C20H27N3O4S. The van der Waals surface area contributed by atoms with Gasteiger partial charge in [-0.1, -0.05) is 19.9 Å². The predicted molar refractivity (Wildman–Crippen MR) is 107 cm³/mol. The van der Waals surface area contributed by atoms with Gasteiger partial charge in [0.2, 0.25) is 18.6 Å². The van der Waals surface area contributed by atoms with Crippen LogP contribution in [0.4, 0.5) is 0 Å². The van der Waals surface area contributed by atoms with E-state index in [9.17, 15) is 9.59 Å². The van der Waals surface area contributed by atoms with Crippen LogP contribution in [-0.4, -0.2) is 53.3 Å². The largest absolute Gasteiger partial charge is 0.454 e. The molecule has 4 rings (SSSR count). The Bertz CT molecular complexity index is 762. The maximum atomic E-state index is 12.6. The number of amides is 2. The Morgan fingerprint density at radius 3 is 2.79 bits per heavy atom. The molecule has 0 bridgehead atoms. The third kappa shape index (κ3) is 3.93. The summed E-state index contributed by atoms with van der Waals surface area (Å²) >= 11 is 1.82. The Balaban J connectivity index is 1.27. The fourth-order valence-corrected chi connectivity index (χ4v) is 5.31. The number of carbonyl (C=O) groups is 2. The van der Waals surface area contributed by atoms with E-state index < -0.39 is 0 Å². The first-order valence-electron chi connectivity index (χ1n) is 9.82. The van der Waals surface area contributed by atoms with Crippen LogP contribution in [0.1, 0.15) is 32.3 Å². The van der Waals surface area contributed by atoms with Gasteiger partial charge in [-0.15, -0.1) is 11.8 Å². The third-order valence-electron chi connectivity index (χ3n) is 5.56. The smallest absolute Gasteiger partial charge is 0.238 e. The van der Waals surface area contributed by atoms with Crippen molar-refractivity contribution in [2.24, 2.45) is 5.92 Å². The second-order valence-corrected chi connectivity index (χ2v) is 9.29. The summed E-state index contributed by atoms with van der Waals surface area (Å²) in [4.78, 5) is 26.7. The number of nitrogens with one attached hydrogen (secondary N) is 2. The lowest BCUT2D eigenvalue weighted by Gasteiger charge is -2.39. The number of piperidine rings is 1. The summed E-state index contributed by atoms with van der Waals surface area (Å²) in [5.74, 6) is 2.49. The maximum absolute atomic E-state index is 12.6. The molecule has 152 valence electrons. The summed E-state index contributed by atoms with van der Waals surface area (Å²) in [7, 11) is 0. The minimum absolute atomic E-state index is 0.0164. The van der Waals surface area contributed by atoms with Crippen LogP contribution in [0.15, 0.2) is 18.2 Å². The van der Waals surface area contributed by atoms with Crippen LogP contribution in [0.3, 0.4) is 0 Å². The van der Waals surface area contributed by atoms with Gasteiger partial charge in [0.05, 0.1) is 10.9 Å². The molecule has 2 N–H and O–H groups in total. The molecule has 1 unspecified atom stereocenters. The fraction of sp³-hybridized carbons (Fsp3) is 0.600. The van der Waals surface area contributed by atoms with Gasteiger partial charge in [0.15, 0.2) is 11.5 Å². The lowest BCUT2D eigenvalue weighted by molar-refractivity contribution is -0.136. The molecule has 3 aliphatic heterocycles. The Hall–Kier alpha value is -1.93. The number of hydrogen-bond donors (Lipinski definition) is 2. The van der Waals surface area contributed by atoms with Gasteiger partial charge in [0, 0.05) is 31.3 Å². The number of likely N-dealkylation sites (tertiary alicyclic amines) is 1. The highest BCUT2D eigenvalue weighted by atomic mass is 32.2. The van der Waals surface area contributed by atoms with Crippen LogP contribution in [0.25, 0.3) is 0 Å². The normalized spacial score (nSPS) is 22.7. The lowest BCUT2D eigenvalue weighted by Crippen LogP contribution is -2.54. The molecule has 0 saturated carbocycles. The molecule has 1 atom stereocenters. The summed E-state index contributed by atoms with van der Waals surface area (Å²) in [6.07, 6.45) is 1.75. The first-order chi connectivity index (χ1) is 13.5. The van der Waals surface area contributed by atoms with Gasteiger partial charge in [-0.3, -0.25) is 14.9 Å². The van der Waals surface area contributed by atoms with Crippen LogP contribution in [-0.2, 0) is 16.1 Å². The van der Waals surface area contributed by atoms with Gasteiger partial charge in [0.25, 0.3) is 0 Å². The molecule has 3 heterocycles. The van der Waals surface area contributed by atoms with E-state index in [0.29, 0.717) is 6.54 Å². The molecule has 2 saturated heterocycles. The van der Waals surface area contributed by atoms with Gasteiger partial charge in [0.1, 0.15) is 0 Å². The summed E-state index contributed by atoms with van der Waals surface area (Å²) in [5, 5.41) is 6.56. The second-order valence-electron chi connectivity index (χ2n) is 7.89. The predicted octanol–water partition coefficient (Wildman–Crippen LogP) is 1.71. The molecule has 2 amide bonds. The molecule has 0 radical (unpaired) electrons. The number of rotatable bonds is 4. The summed E-state index contributed by atoms with van der Waals surface area (Å²) in [5.41, 5.74) is 0.985. The van der Waals surface area contributed by atoms with Gasteiger partial charge in [-0.2, -0.15) is 0 Å². The molecule has 0 aromatic heterocycles. The lowest BCUT2D eigenvalue weighted by atomic mass is 10.0. The van der Waals surface area contributed by atoms with Crippen molar-refractivity contribution in [3.8, 4) is 11.5 Å². The van der Waals surface area contributed by atoms with E-state index >= 15 is 0 Å². The highest BCUT2D eigenvalue weighted by molar-refractivity contribution is 8.01. The first kappa shape index (κ1) is 19.4. The van der Waals surface area contributed by atoms with E-state index in [1.54, 1.807) is 0 Å². The van der Waals surface area contributed by atoms with Gasteiger partial charge in [-0.05, 0) is 30.5 Å². The van der Waals surface area contributed by atoms with E-state index in [-0.39, 0.29) is 35.4 Å². The molecule has 1 spiro atoms. The van der Waals surface area contributed by atoms with Crippen molar-refractivity contribution in [3.05, 3.63) is 23.8 Å². The molecule has 2 fully saturated rings. The maximum Gasteiger partial charge on any atom is 0.238 e. The van der Waals surface area contributed by atoms with Crippen LogP contribution in [0.5, 0.6) is 11.5 Å². The number of hydrogen-bond acceptors (Lipinski definition) is 6. The van der Waals surface area contributed by atoms with Crippen LogP contribution in [0.2, 0.25) is 0 Å². The van der Waals surface area contributed by atoms with Crippen molar-refractivity contribution >= 4 is 23.6 Å². The molecular weight excluding hydrogens is 378 g/mol.